The lowest BCUT2D eigenvalue weighted by molar-refractivity contribution is 0.0979. The van der Waals surface area contributed by atoms with Gasteiger partial charge in [0, 0.05) is 30.9 Å². The number of Topliss-reactive ketones (excluding diaryl/α,β-unsaturated/α-hetero) is 1. The Morgan fingerprint density at radius 3 is 2.59 bits per heavy atom. The number of nitrogens with zero attached hydrogens (tertiary/aromatic N) is 2. The van der Waals surface area contributed by atoms with E-state index in [2.05, 4.69) is 43.6 Å². The van der Waals surface area contributed by atoms with Crippen molar-refractivity contribution in [3.63, 3.8) is 0 Å². The molecule has 0 saturated heterocycles. The van der Waals surface area contributed by atoms with Crippen LogP contribution in [0, 0.1) is 0 Å². The summed E-state index contributed by atoms with van der Waals surface area (Å²) in [5.74, 6) is 0.617. The third kappa shape index (κ3) is 2.19. The summed E-state index contributed by atoms with van der Waals surface area (Å²) in [6.45, 7) is 9.40. The van der Waals surface area contributed by atoms with E-state index in [-0.39, 0.29) is 5.78 Å². The standard InChI is InChI=1S/C14H20N2O/c1-9(2)12-7-13-11(8-15-12)14(17)5-6-16(13)10(3)4/h7-10H,5-6H2,1-4H3. The van der Waals surface area contributed by atoms with Gasteiger partial charge in [0.15, 0.2) is 5.78 Å². The van der Waals surface area contributed by atoms with E-state index < -0.39 is 0 Å². The average Bonchev–Trinajstić information content (AvgIpc) is 2.28. The van der Waals surface area contributed by atoms with Crippen molar-refractivity contribution in [1.82, 2.24) is 4.98 Å². The number of fused-ring (bicyclic) bond motifs is 1. The van der Waals surface area contributed by atoms with Gasteiger partial charge in [-0.25, -0.2) is 0 Å². The van der Waals surface area contributed by atoms with Crippen LogP contribution in [-0.4, -0.2) is 23.4 Å². The summed E-state index contributed by atoms with van der Waals surface area (Å²) in [5.41, 5.74) is 2.91. The van der Waals surface area contributed by atoms with Gasteiger partial charge in [0.05, 0.1) is 11.3 Å². The maximum absolute atomic E-state index is 11.9. The highest BCUT2D eigenvalue weighted by Gasteiger charge is 2.25. The Kier molecular flexibility index (Phi) is 3.18. The van der Waals surface area contributed by atoms with Crippen molar-refractivity contribution in [2.75, 3.05) is 11.4 Å². The maximum atomic E-state index is 11.9. The Morgan fingerprint density at radius 1 is 1.29 bits per heavy atom. The highest BCUT2D eigenvalue weighted by atomic mass is 16.1. The van der Waals surface area contributed by atoms with Gasteiger partial charge in [-0.1, -0.05) is 13.8 Å². The Morgan fingerprint density at radius 2 is 2.00 bits per heavy atom. The highest BCUT2D eigenvalue weighted by molar-refractivity contribution is 6.03. The molecule has 0 aliphatic carbocycles. The lowest BCUT2D eigenvalue weighted by atomic mass is 9.98. The quantitative estimate of drug-likeness (QED) is 0.786. The van der Waals surface area contributed by atoms with E-state index in [0.717, 1.165) is 23.5 Å². The number of aromatic nitrogens is 1. The second kappa shape index (κ2) is 4.47. The number of carbonyl (C=O) groups excluding carboxylic acids is 1. The fraction of sp³-hybridized carbons (Fsp3) is 0.571. The Balaban J connectivity index is 2.50. The highest BCUT2D eigenvalue weighted by Crippen LogP contribution is 2.30. The molecule has 3 nitrogen and oxygen atoms in total. The van der Waals surface area contributed by atoms with E-state index in [1.165, 1.54) is 0 Å². The summed E-state index contributed by atoms with van der Waals surface area (Å²) in [7, 11) is 0. The Hall–Kier alpha value is -1.38. The Labute approximate surface area is 103 Å². The van der Waals surface area contributed by atoms with E-state index in [1.807, 2.05) is 0 Å². The molecule has 1 aromatic heterocycles. The van der Waals surface area contributed by atoms with Crippen LogP contribution in [0.15, 0.2) is 12.3 Å². The summed E-state index contributed by atoms with van der Waals surface area (Å²) in [6, 6.07) is 2.50. The largest absolute Gasteiger partial charge is 0.368 e. The van der Waals surface area contributed by atoms with Gasteiger partial charge in [0.25, 0.3) is 0 Å². The molecule has 0 saturated carbocycles. The zero-order valence-electron chi connectivity index (χ0n) is 11.0. The van der Waals surface area contributed by atoms with Crippen LogP contribution in [0.25, 0.3) is 0 Å². The third-order valence-electron chi connectivity index (χ3n) is 3.31. The molecule has 0 N–H and O–H groups in total. The molecule has 2 heterocycles. The van der Waals surface area contributed by atoms with Crippen molar-refractivity contribution < 1.29 is 4.79 Å². The van der Waals surface area contributed by atoms with Gasteiger partial charge in [-0.15, -0.1) is 0 Å². The molecule has 1 aromatic rings. The molecule has 3 heteroatoms. The number of pyridine rings is 1. The van der Waals surface area contributed by atoms with Gasteiger partial charge in [-0.05, 0) is 25.8 Å². The minimum absolute atomic E-state index is 0.222. The first-order chi connectivity index (χ1) is 8.00. The fourth-order valence-electron chi connectivity index (χ4n) is 2.24. The number of rotatable bonds is 2. The van der Waals surface area contributed by atoms with E-state index in [4.69, 9.17) is 0 Å². The summed E-state index contributed by atoms with van der Waals surface area (Å²) in [6.07, 6.45) is 2.36. The van der Waals surface area contributed by atoms with Gasteiger partial charge in [-0.2, -0.15) is 0 Å². The lowest BCUT2D eigenvalue weighted by Gasteiger charge is -2.34. The first-order valence-corrected chi connectivity index (χ1v) is 6.30. The SMILES string of the molecule is CC(C)c1cc2c(cn1)C(=O)CCN2C(C)C. The van der Waals surface area contributed by atoms with E-state index in [0.29, 0.717) is 18.4 Å². The van der Waals surface area contributed by atoms with Crippen molar-refractivity contribution in [2.24, 2.45) is 0 Å². The van der Waals surface area contributed by atoms with E-state index in [1.54, 1.807) is 6.20 Å². The van der Waals surface area contributed by atoms with Crippen molar-refractivity contribution in [3.8, 4) is 0 Å². The van der Waals surface area contributed by atoms with Gasteiger partial charge >= 0.3 is 0 Å². The topological polar surface area (TPSA) is 33.2 Å². The van der Waals surface area contributed by atoms with Crippen LogP contribution in [0.5, 0.6) is 0 Å². The van der Waals surface area contributed by atoms with Crippen molar-refractivity contribution in [2.45, 2.75) is 46.1 Å². The number of hydrogen-bond acceptors (Lipinski definition) is 3. The number of carbonyl (C=O) groups is 1. The van der Waals surface area contributed by atoms with Crippen LogP contribution in [-0.2, 0) is 0 Å². The zero-order valence-corrected chi connectivity index (χ0v) is 11.0. The number of hydrogen-bond donors (Lipinski definition) is 0. The molecular formula is C14H20N2O. The van der Waals surface area contributed by atoms with E-state index >= 15 is 0 Å². The van der Waals surface area contributed by atoms with Crippen LogP contribution < -0.4 is 4.90 Å². The molecule has 92 valence electrons. The van der Waals surface area contributed by atoms with E-state index in [9.17, 15) is 4.79 Å². The molecule has 0 atom stereocenters. The smallest absolute Gasteiger partial charge is 0.168 e. The minimum atomic E-state index is 0.222. The second-order valence-electron chi connectivity index (χ2n) is 5.24. The summed E-state index contributed by atoms with van der Waals surface area (Å²) in [5, 5.41) is 0. The number of anilines is 1. The zero-order chi connectivity index (χ0) is 12.6. The lowest BCUT2D eigenvalue weighted by Crippen LogP contribution is -2.37. The molecule has 1 aliphatic heterocycles. The molecule has 0 fully saturated rings. The second-order valence-corrected chi connectivity index (χ2v) is 5.24. The third-order valence-corrected chi connectivity index (χ3v) is 3.31. The van der Waals surface area contributed by atoms with Crippen LogP contribution in [0.3, 0.4) is 0 Å². The number of ketones is 1. The Bertz CT molecular complexity index is 438. The monoisotopic (exact) mass is 232 g/mol. The summed E-state index contributed by atoms with van der Waals surface area (Å²) in [4.78, 5) is 18.6. The molecule has 0 amide bonds. The molecule has 0 radical (unpaired) electrons. The van der Waals surface area contributed by atoms with Crippen molar-refractivity contribution in [3.05, 3.63) is 23.5 Å². The van der Waals surface area contributed by atoms with Crippen LogP contribution >= 0.6 is 0 Å². The predicted octanol–water partition coefficient (Wildman–Crippen LogP) is 3.01. The molecule has 0 unspecified atom stereocenters. The average molecular weight is 232 g/mol. The maximum Gasteiger partial charge on any atom is 0.168 e. The molecule has 1 aliphatic rings. The molecule has 2 rings (SSSR count). The minimum Gasteiger partial charge on any atom is -0.368 e. The molecule has 17 heavy (non-hydrogen) atoms. The predicted molar refractivity (Wildman–Crippen MR) is 69.8 cm³/mol. The van der Waals surface area contributed by atoms with Crippen LogP contribution in [0.2, 0.25) is 0 Å². The van der Waals surface area contributed by atoms with Crippen LogP contribution in [0.4, 0.5) is 5.69 Å². The normalized spacial score (nSPS) is 15.6. The first-order valence-electron chi connectivity index (χ1n) is 6.30. The first kappa shape index (κ1) is 12.1. The van der Waals surface area contributed by atoms with Gasteiger partial charge < -0.3 is 4.90 Å². The van der Waals surface area contributed by atoms with Crippen molar-refractivity contribution in [1.29, 1.82) is 0 Å². The summed E-state index contributed by atoms with van der Waals surface area (Å²) >= 11 is 0. The van der Waals surface area contributed by atoms with Gasteiger partial charge in [0.2, 0.25) is 0 Å². The summed E-state index contributed by atoms with van der Waals surface area (Å²) < 4.78 is 0. The van der Waals surface area contributed by atoms with Crippen molar-refractivity contribution >= 4 is 11.5 Å². The molecule has 0 spiro atoms. The molecule has 0 bridgehead atoms. The van der Waals surface area contributed by atoms with Gasteiger partial charge in [0.1, 0.15) is 0 Å². The fourth-order valence-corrected chi connectivity index (χ4v) is 2.24. The molecule has 0 aromatic carbocycles. The van der Waals surface area contributed by atoms with Crippen LogP contribution in [0.1, 0.15) is 56.1 Å². The van der Waals surface area contributed by atoms with Gasteiger partial charge in [-0.3, -0.25) is 9.78 Å². The molecular weight excluding hydrogens is 212 g/mol.